The average Bonchev–Trinajstić information content (AvgIpc) is 2.40. The fourth-order valence-corrected chi connectivity index (χ4v) is 3.48. The van der Waals surface area contributed by atoms with Gasteiger partial charge in [-0.1, -0.05) is 13.8 Å². The van der Waals surface area contributed by atoms with E-state index in [9.17, 15) is 8.42 Å². The van der Waals surface area contributed by atoms with E-state index in [0.717, 1.165) is 12.2 Å². The van der Waals surface area contributed by atoms with Crippen molar-refractivity contribution in [3.63, 3.8) is 0 Å². The first-order valence-corrected chi connectivity index (χ1v) is 8.45. The van der Waals surface area contributed by atoms with Gasteiger partial charge in [-0.25, -0.2) is 8.42 Å². The summed E-state index contributed by atoms with van der Waals surface area (Å²) in [6, 6.07) is 6.59. The van der Waals surface area contributed by atoms with Gasteiger partial charge in [0, 0.05) is 25.3 Å². The van der Waals surface area contributed by atoms with Crippen molar-refractivity contribution < 1.29 is 8.42 Å². The number of nitrogens with zero attached hydrogens (tertiary/aromatic N) is 1. The minimum atomic E-state index is -3.40. The maximum atomic E-state index is 12.3. The Morgan fingerprint density at radius 1 is 1.15 bits per heavy atom. The average molecular weight is 315 g/mol. The first kappa shape index (κ1) is 16.9. The van der Waals surface area contributed by atoms with Gasteiger partial charge >= 0.3 is 0 Å². The molecular weight excluding hydrogens is 294 g/mol. The molecule has 0 unspecified atom stereocenters. The molecule has 0 amide bonds. The Labute approximate surface area is 126 Å². The minimum absolute atomic E-state index is 0.293. The molecule has 0 heterocycles. The number of rotatable bonds is 6. The summed E-state index contributed by atoms with van der Waals surface area (Å²) >= 11 is 5.07. The molecule has 0 aromatic heterocycles. The molecular formula is C13H21N3O2S2. The molecule has 0 saturated carbocycles. The van der Waals surface area contributed by atoms with Crippen molar-refractivity contribution in [2.75, 3.05) is 25.0 Å². The van der Waals surface area contributed by atoms with Crippen LogP contribution in [0, 0.1) is 0 Å². The molecule has 0 aliphatic heterocycles. The first-order valence-electron chi connectivity index (χ1n) is 6.60. The van der Waals surface area contributed by atoms with E-state index in [1.165, 1.54) is 4.31 Å². The molecule has 0 saturated heterocycles. The highest BCUT2D eigenvalue weighted by atomic mass is 32.2. The van der Waals surface area contributed by atoms with Crippen LogP contribution in [0.15, 0.2) is 29.2 Å². The van der Waals surface area contributed by atoms with Crippen LogP contribution in [-0.4, -0.2) is 37.5 Å². The molecule has 20 heavy (non-hydrogen) atoms. The van der Waals surface area contributed by atoms with Gasteiger partial charge in [-0.05, 0) is 43.4 Å². The summed E-state index contributed by atoms with van der Waals surface area (Å²) in [6.07, 6.45) is 0. The van der Waals surface area contributed by atoms with Crippen molar-refractivity contribution >= 4 is 33.0 Å². The number of hydrogen-bond donors (Lipinski definition) is 2. The fourth-order valence-electron chi connectivity index (χ4n) is 1.76. The lowest BCUT2D eigenvalue weighted by molar-refractivity contribution is 0.445. The van der Waals surface area contributed by atoms with E-state index >= 15 is 0 Å². The number of anilines is 1. The summed E-state index contributed by atoms with van der Waals surface area (Å²) < 4.78 is 26.0. The Morgan fingerprint density at radius 3 is 2.15 bits per heavy atom. The van der Waals surface area contributed by atoms with Crippen LogP contribution in [0.5, 0.6) is 0 Å². The SMILES string of the molecule is CCNC(=S)Nc1ccc(S(=O)(=O)N(CC)CC)cc1. The zero-order chi connectivity index (χ0) is 15.2. The van der Waals surface area contributed by atoms with Crippen LogP contribution in [-0.2, 0) is 10.0 Å². The van der Waals surface area contributed by atoms with Crippen LogP contribution in [0.1, 0.15) is 20.8 Å². The zero-order valence-corrected chi connectivity index (χ0v) is 13.6. The molecule has 0 atom stereocenters. The van der Waals surface area contributed by atoms with Crippen LogP contribution in [0.4, 0.5) is 5.69 Å². The van der Waals surface area contributed by atoms with Gasteiger partial charge in [-0.2, -0.15) is 4.31 Å². The number of hydrogen-bond acceptors (Lipinski definition) is 3. The topological polar surface area (TPSA) is 61.4 Å². The van der Waals surface area contributed by atoms with Crippen molar-refractivity contribution in [1.82, 2.24) is 9.62 Å². The quantitative estimate of drug-likeness (QED) is 0.787. The summed E-state index contributed by atoms with van der Waals surface area (Å²) in [5, 5.41) is 6.48. The second-order valence-electron chi connectivity index (χ2n) is 4.10. The van der Waals surface area contributed by atoms with E-state index in [1.54, 1.807) is 24.3 Å². The van der Waals surface area contributed by atoms with Crippen LogP contribution in [0.25, 0.3) is 0 Å². The predicted octanol–water partition coefficient (Wildman–Crippen LogP) is 2.02. The van der Waals surface area contributed by atoms with Gasteiger partial charge in [0.05, 0.1) is 4.90 Å². The van der Waals surface area contributed by atoms with Crippen LogP contribution in [0.2, 0.25) is 0 Å². The Bertz CT molecular complexity index is 537. The van der Waals surface area contributed by atoms with Crippen molar-refractivity contribution in [1.29, 1.82) is 0 Å². The van der Waals surface area contributed by atoms with Crippen LogP contribution < -0.4 is 10.6 Å². The van der Waals surface area contributed by atoms with Gasteiger partial charge < -0.3 is 10.6 Å². The lowest BCUT2D eigenvalue weighted by Crippen LogP contribution is -2.30. The number of thiocarbonyl (C=S) groups is 1. The fraction of sp³-hybridized carbons (Fsp3) is 0.462. The molecule has 2 N–H and O–H groups in total. The smallest absolute Gasteiger partial charge is 0.243 e. The molecule has 1 aromatic rings. The molecule has 1 rings (SSSR count). The summed E-state index contributed by atoms with van der Waals surface area (Å²) in [6.45, 7) is 7.26. The standard InChI is InChI=1S/C13H21N3O2S2/c1-4-14-13(19)15-11-7-9-12(10-8-11)20(17,18)16(5-2)6-3/h7-10H,4-6H2,1-3H3,(H2,14,15,19). The molecule has 0 aliphatic carbocycles. The molecule has 1 aromatic carbocycles. The Morgan fingerprint density at radius 2 is 1.70 bits per heavy atom. The van der Waals surface area contributed by atoms with Crippen LogP contribution in [0.3, 0.4) is 0 Å². The lowest BCUT2D eigenvalue weighted by Gasteiger charge is -2.18. The molecule has 7 heteroatoms. The third-order valence-corrected chi connectivity index (χ3v) is 5.10. The van der Waals surface area contributed by atoms with E-state index in [-0.39, 0.29) is 0 Å². The summed E-state index contributed by atoms with van der Waals surface area (Å²) in [7, 11) is -3.40. The molecule has 5 nitrogen and oxygen atoms in total. The molecule has 0 fully saturated rings. The normalized spacial score (nSPS) is 11.4. The lowest BCUT2D eigenvalue weighted by atomic mass is 10.3. The van der Waals surface area contributed by atoms with E-state index in [1.807, 2.05) is 20.8 Å². The zero-order valence-electron chi connectivity index (χ0n) is 12.0. The highest BCUT2D eigenvalue weighted by molar-refractivity contribution is 7.89. The Balaban J connectivity index is 2.88. The largest absolute Gasteiger partial charge is 0.363 e. The second-order valence-corrected chi connectivity index (χ2v) is 6.44. The van der Waals surface area contributed by atoms with Gasteiger partial charge in [-0.15, -0.1) is 0 Å². The third-order valence-electron chi connectivity index (χ3n) is 2.79. The first-order chi connectivity index (χ1) is 9.45. The number of sulfonamides is 1. The summed E-state index contributed by atoms with van der Waals surface area (Å²) in [5.74, 6) is 0. The van der Waals surface area contributed by atoms with Crippen LogP contribution >= 0.6 is 12.2 Å². The van der Waals surface area contributed by atoms with Crippen molar-refractivity contribution in [3.05, 3.63) is 24.3 Å². The molecule has 0 aliphatic rings. The van der Waals surface area contributed by atoms with Gasteiger partial charge in [0.2, 0.25) is 10.0 Å². The summed E-state index contributed by atoms with van der Waals surface area (Å²) in [4.78, 5) is 0.293. The van der Waals surface area contributed by atoms with E-state index in [0.29, 0.717) is 23.1 Å². The van der Waals surface area contributed by atoms with E-state index < -0.39 is 10.0 Å². The molecule has 0 radical (unpaired) electrons. The second kappa shape index (κ2) is 7.56. The maximum absolute atomic E-state index is 12.3. The molecule has 0 spiro atoms. The van der Waals surface area contributed by atoms with Gasteiger partial charge in [0.1, 0.15) is 0 Å². The predicted molar refractivity (Wildman–Crippen MR) is 86.4 cm³/mol. The Hall–Kier alpha value is -1.18. The molecule has 0 bridgehead atoms. The third kappa shape index (κ3) is 4.16. The minimum Gasteiger partial charge on any atom is -0.363 e. The summed E-state index contributed by atoms with van der Waals surface area (Å²) in [5.41, 5.74) is 0.759. The monoisotopic (exact) mass is 315 g/mol. The Kier molecular flexibility index (Phi) is 6.38. The van der Waals surface area contributed by atoms with Crippen molar-refractivity contribution in [3.8, 4) is 0 Å². The van der Waals surface area contributed by atoms with E-state index in [4.69, 9.17) is 12.2 Å². The highest BCUT2D eigenvalue weighted by Gasteiger charge is 2.21. The van der Waals surface area contributed by atoms with E-state index in [2.05, 4.69) is 10.6 Å². The number of benzene rings is 1. The van der Waals surface area contributed by atoms with Gasteiger partial charge in [0.15, 0.2) is 5.11 Å². The van der Waals surface area contributed by atoms with Gasteiger partial charge in [0.25, 0.3) is 0 Å². The maximum Gasteiger partial charge on any atom is 0.243 e. The highest BCUT2D eigenvalue weighted by Crippen LogP contribution is 2.18. The number of nitrogens with one attached hydrogen (secondary N) is 2. The molecule has 112 valence electrons. The van der Waals surface area contributed by atoms with Crippen molar-refractivity contribution in [2.45, 2.75) is 25.7 Å². The van der Waals surface area contributed by atoms with Crippen molar-refractivity contribution in [2.24, 2.45) is 0 Å². The van der Waals surface area contributed by atoms with Gasteiger partial charge in [-0.3, -0.25) is 0 Å².